The van der Waals surface area contributed by atoms with Crippen molar-refractivity contribution in [1.29, 1.82) is 0 Å². The van der Waals surface area contributed by atoms with Crippen LogP contribution in [0.25, 0.3) is 12.2 Å². The fraction of sp³-hybridized carbons (Fsp3) is 0.500. The molecule has 1 unspecified atom stereocenters. The van der Waals surface area contributed by atoms with Crippen molar-refractivity contribution in [2.45, 2.75) is 26.2 Å². The molecule has 0 saturated heterocycles. The summed E-state index contributed by atoms with van der Waals surface area (Å²) in [6, 6.07) is 0. The molecule has 0 spiro atoms. The first-order chi connectivity index (χ1) is 5.86. The van der Waals surface area contributed by atoms with E-state index in [1.165, 1.54) is 29.1 Å². The molecule has 1 aliphatic rings. The van der Waals surface area contributed by atoms with Crippen molar-refractivity contribution in [1.82, 2.24) is 4.98 Å². The van der Waals surface area contributed by atoms with Gasteiger partial charge in [0.2, 0.25) is 0 Å². The number of nitrogens with zero attached hydrogens (tertiary/aromatic N) is 1. The van der Waals surface area contributed by atoms with Gasteiger partial charge in [-0.3, -0.25) is 0 Å². The van der Waals surface area contributed by atoms with Gasteiger partial charge < -0.3 is 0 Å². The first-order valence-electron chi connectivity index (χ1n) is 4.46. The summed E-state index contributed by atoms with van der Waals surface area (Å²) in [4.78, 5) is 4.32. The van der Waals surface area contributed by atoms with Crippen LogP contribution < -0.4 is 9.88 Å². The lowest BCUT2D eigenvalue weighted by Gasteiger charge is -2.06. The third-order valence-corrected chi connectivity index (χ3v) is 3.17. The molecule has 0 bridgehead atoms. The van der Waals surface area contributed by atoms with Crippen LogP contribution in [0, 0.1) is 5.92 Å². The number of thiazole rings is 1. The van der Waals surface area contributed by atoms with E-state index in [0.29, 0.717) is 0 Å². The second kappa shape index (κ2) is 3.40. The average Bonchev–Trinajstić information content (AvgIpc) is 2.45. The number of hydrogen-bond acceptors (Lipinski definition) is 2. The molecular formula is C10H13NS. The van der Waals surface area contributed by atoms with Crippen LogP contribution in [0.5, 0.6) is 0 Å². The standard InChI is InChI=1S/C10H13NS/c1-8-3-2-4-9-10(6-5-8)12-7-11-9/h4,6-8H,2-3,5H2,1H3/b9-4+,10-6-. The molecule has 2 heteroatoms. The van der Waals surface area contributed by atoms with Gasteiger partial charge >= 0.3 is 0 Å². The molecular weight excluding hydrogens is 166 g/mol. The Kier molecular flexibility index (Phi) is 2.26. The molecule has 0 fully saturated rings. The van der Waals surface area contributed by atoms with Crippen molar-refractivity contribution < 1.29 is 0 Å². The van der Waals surface area contributed by atoms with Gasteiger partial charge in [0, 0.05) is 4.53 Å². The van der Waals surface area contributed by atoms with E-state index in [9.17, 15) is 0 Å². The van der Waals surface area contributed by atoms with Gasteiger partial charge in [-0.1, -0.05) is 19.1 Å². The monoisotopic (exact) mass is 179 g/mol. The van der Waals surface area contributed by atoms with Crippen molar-refractivity contribution in [3.63, 3.8) is 0 Å². The molecule has 0 N–H and O–H groups in total. The second-order valence-corrected chi connectivity index (χ2v) is 4.31. The molecule has 1 atom stereocenters. The van der Waals surface area contributed by atoms with E-state index in [1.54, 1.807) is 11.3 Å². The maximum absolute atomic E-state index is 4.32. The van der Waals surface area contributed by atoms with Crippen molar-refractivity contribution in [2.75, 3.05) is 0 Å². The summed E-state index contributed by atoms with van der Waals surface area (Å²) in [5.74, 6) is 0.830. The molecule has 0 saturated carbocycles. The number of aromatic nitrogens is 1. The zero-order chi connectivity index (χ0) is 8.39. The van der Waals surface area contributed by atoms with Gasteiger partial charge in [-0.2, -0.15) is 0 Å². The summed E-state index contributed by atoms with van der Waals surface area (Å²) in [5, 5.41) is 1.20. The molecule has 0 radical (unpaired) electrons. The van der Waals surface area contributed by atoms with Gasteiger partial charge in [-0.25, -0.2) is 4.98 Å². The molecule has 1 aromatic heterocycles. The van der Waals surface area contributed by atoms with Crippen LogP contribution in [-0.2, 0) is 0 Å². The van der Waals surface area contributed by atoms with E-state index in [0.717, 1.165) is 5.92 Å². The number of rotatable bonds is 0. The van der Waals surface area contributed by atoms with Crippen LogP contribution in [0.2, 0.25) is 0 Å². The van der Waals surface area contributed by atoms with Gasteiger partial charge in [0.1, 0.15) is 0 Å². The van der Waals surface area contributed by atoms with Gasteiger partial charge in [-0.15, -0.1) is 11.3 Å². The highest BCUT2D eigenvalue weighted by Gasteiger charge is 2.01. The smallest absolute Gasteiger partial charge is 0.0805 e. The average molecular weight is 179 g/mol. The lowest BCUT2D eigenvalue weighted by Crippen LogP contribution is -2.22. The number of fused-ring (bicyclic) bond motifs is 1. The molecule has 1 heterocycles. The Morgan fingerprint density at radius 2 is 2.42 bits per heavy atom. The topological polar surface area (TPSA) is 12.9 Å². The first-order valence-corrected chi connectivity index (χ1v) is 5.34. The molecule has 2 rings (SSSR count). The van der Waals surface area contributed by atoms with Crippen LogP contribution in [0.4, 0.5) is 0 Å². The fourth-order valence-electron chi connectivity index (χ4n) is 1.50. The Morgan fingerprint density at radius 3 is 3.33 bits per heavy atom. The highest BCUT2D eigenvalue weighted by molar-refractivity contribution is 7.07. The van der Waals surface area contributed by atoms with Crippen LogP contribution >= 0.6 is 11.3 Å². The molecule has 0 aliphatic heterocycles. The zero-order valence-corrected chi connectivity index (χ0v) is 8.10. The maximum atomic E-state index is 4.32. The highest BCUT2D eigenvalue weighted by atomic mass is 32.1. The van der Waals surface area contributed by atoms with Crippen LogP contribution in [0.1, 0.15) is 26.2 Å². The van der Waals surface area contributed by atoms with Crippen molar-refractivity contribution in [2.24, 2.45) is 5.92 Å². The van der Waals surface area contributed by atoms with E-state index in [4.69, 9.17) is 0 Å². The predicted molar refractivity (Wildman–Crippen MR) is 53.3 cm³/mol. The van der Waals surface area contributed by atoms with Crippen LogP contribution in [0.3, 0.4) is 0 Å². The zero-order valence-electron chi connectivity index (χ0n) is 7.29. The minimum atomic E-state index is 0.830. The Morgan fingerprint density at radius 1 is 1.50 bits per heavy atom. The lowest BCUT2D eigenvalue weighted by molar-refractivity contribution is 0.563. The Bertz CT molecular complexity index is 363. The SMILES string of the molecule is CC1C/C=c2\scn\c2=C\CC1. The summed E-state index contributed by atoms with van der Waals surface area (Å²) < 4.78 is 1.36. The van der Waals surface area contributed by atoms with Crippen molar-refractivity contribution >= 4 is 23.5 Å². The van der Waals surface area contributed by atoms with Crippen LogP contribution in [0.15, 0.2) is 5.51 Å². The largest absolute Gasteiger partial charge is 0.245 e. The first kappa shape index (κ1) is 7.99. The predicted octanol–water partition coefficient (Wildman–Crippen LogP) is 1.52. The molecule has 0 aromatic carbocycles. The quantitative estimate of drug-likeness (QED) is 0.588. The van der Waals surface area contributed by atoms with Crippen molar-refractivity contribution in [3.05, 3.63) is 15.4 Å². The van der Waals surface area contributed by atoms with E-state index in [2.05, 4.69) is 24.1 Å². The van der Waals surface area contributed by atoms with E-state index >= 15 is 0 Å². The summed E-state index contributed by atoms with van der Waals surface area (Å²) in [6.45, 7) is 2.32. The molecule has 64 valence electrons. The minimum Gasteiger partial charge on any atom is -0.245 e. The van der Waals surface area contributed by atoms with E-state index < -0.39 is 0 Å². The van der Waals surface area contributed by atoms with Gasteiger partial charge in [-0.05, 0) is 25.2 Å². The summed E-state index contributed by atoms with van der Waals surface area (Å²) >= 11 is 1.75. The van der Waals surface area contributed by atoms with Gasteiger partial charge in [0.25, 0.3) is 0 Å². The number of hydrogen-bond donors (Lipinski definition) is 0. The van der Waals surface area contributed by atoms with Crippen LogP contribution in [-0.4, -0.2) is 4.98 Å². The molecule has 1 aliphatic carbocycles. The Hall–Kier alpha value is -0.630. The lowest BCUT2D eigenvalue weighted by atomic mass is 10.0. The third-order valence-electron chi connectivity index (χ3n) is 2.33. The maximum Gasteiger partial charge on any atom is 0.0805 e. The molecule has 1 aromatic rings. The Labute approximate surface area is 76.5 Å². The molecule has 0 amide bonds. The van der Waals surface area contributed by atoms with Gasteiger partial charge in [0.05, 0.1) is 10.9 Å². The molecule has 12 heavy (non-hydrogen) atoms. The highest BCUT2D eigenvalue weighted by Crippen LogP contribution is 2.11. The van der Waals surface area contributed by atoms with Crippen molar-refractivity contribution in [3.8, 4) is 0 Å². The summed E-state index contributed by atoms with van der Waals surface area (Å²) in [6.07, 6.45) is 8.29. The van der Waals surface area contributed by atoms with E-state index in [1.807, 2.05) is 5.51 Å². The summed E-state index contributed by atoms with van der Waals surface area (Å²) in [5.41, 5.74) is 1.94. The van der Waals surface area contributed by atoms with E-state index in [-0.39, 0.29) is 0 Å². The minimum absolute atomic E-state index is 0.830. The van der Waals surface area contributed by atoms with Gasteiger partial charge in [0.15, 0.2) is 0 Å². The fourth-order valence-corrected chi connectivity index (χ4v) is 2.23. The second-order valence-electron chi connectivity index (χ2n) is 3.43. The molecule has 1 nitrogen and oxygen atoms in total. The Balaban J connectivity index is 2.48. The summed E-state index contributed by atoms with van der Waals surface area (Å²) in [7, 11) is 0. The normalized spacial score (nSPS) is 28.6. The third kappa shape index (κ3) is 1.58.